The molecule has 0 bridgehead atoms. The topological polar surface area (TPSA) is 21.3 Å². The molecular formula is C14H28F3NO. The highest BCUT2D eigenvalue weighted by atomic mass is 19.4. The first-order valence-electron chi connectivity index (χ1n) is 7.02. The molecule has 5 heteroatoms. The number of rotatable bonds is 9. The molecule has 0 saturated carbocycles. The van der Waals surface area contributed by atoms with Crippen LogP contribution in [0.25, 0.3) is 0 Å². The summed E-state index contributed by atoms with van der Waals surface area (Å²) >= 11 is 0. The van der Waals surface area contributed by atoms with E-state index in [4.69, 9.17) is 0 Å². The quantitative estimate of drug-likeness (QED) is 0.642. The summed E-state index contributed by atoms with van der Waals surface area (Å²) in [7, 11) is 0. The van der Waals surface area contributed by atoms with Crippen LogP contribution in [0.1, 0.15) is 53.4 Å². The van der Waals surface area contributed by atoms with Crippen LogP contribution >= 0.6 is 0 Å². The minimum atomic E-state index is -4.22. The van der Waals surface area contributed by atoms with Crippen molar-refractivity contribution in [2.45, 2.75) is 65.6 Å². The second-order valence-corrected chi connectivity index (χ2v) is 6.21. The summed E-state index contributed by atoms with van der Waals surface area (Å²) in [6, 6.07) is 0.243. The Balaban J connectivity index is 3.92. The van der Waals surface area contributed by atoms with Gasteiger partial charge in [-0.05, 0) is 37.6 Å². The van der Waals surface area contributed by atoms with E-state index >= 15 is 0 Å². The molecule has 0 fully saturated rings. The summed E-state index contributed by atoms with van der Waals surface area (Å²) in [6.45, 7) is 8.50. The fraction of sp³-hybridized carbons (Fsp3) is 1.00. The van der Waals surface area contributed by atoms with Crippen LogP contribution in [0.4, 0.5) is 13.2 Å². The van der Waals surface area contributed by atoms with Gasteiger partial charge in [-0.15, -0.1) is 0 Å². The molecule has 0 heterocycles. The van der Waals surface area contributed by atoms with Crippen LogP contribution < -0.4 is 5.32 Å². The molecule has 0 aromatic heterocycles. The fourth-order valence-corrected chi connectivity index (χ4v) is 1.72. The third-order valence-electron chi connectivity index (χ3n) is 2.80. The van der Waals surface area contributed by atoms with E-state index in [0.29, 0.717) is 6.42 Å². The molecule has 0 radical (unpaired) electrons. The summed E-state index contributed by atoms with van der Waals surface area (Å²) in [5.74, 6) is 0. The standard InChI is InChI=1S/C14H28F3NO/c1-5-9-18-12(6-8-13(2,3)4)7-10-19-11-14(15,16)17/h12,18H,5-11H2,1-4H3. The maximum absolute atomic E-state index is 11.9. The van der Waals surface area contributed by atoms with Gasteiger partial charge in [0, 0.05) is 12.6 Å². The van der Waals surface area contributed by atoms with Crippen LogP contribution in [0.2, 0.25) is 0 Å². The van der Waals surface area contributed by atoms with E-state index in [1.54, 1.807) is 0 Å². The zero-order valence-electron chi connectivity index (χ0n) is 12.6. The van der Waals surface area contributed by atoms with Crippen LogP contribution in [0.5, 0.6) is 0 Å². The first-order chi connectivity index (χ1) is 8.64. The monoisotopic (exact) mass is 283 g/mol. The minimum absolute atomic E-state index is 0.158. The summed E-state index contributed by atoms with van der Waals surface area (Å²) in [5, 5.41) is 3.38. The predicted molar refractivity (Wildman–Crippen MR) is 72.3 cm³/mol. The van der Waals surface area contributed by atoms with Crippen molar-refractivity contribution in [1.82, 2.24) is 5.32 Å². The molecule has 0 aliphatic carbocycles. The number of nitrogens with one attached hydrogen (secondary N) is 1. The van der Waals surface area contributed by atoms with Crippen molar-refractivity contribution in [2.24, 2.45) is 5.41 Å². The molecule has 19 heavy (non-hydrogen) atoms. The first-order valence-corrected chi connectivity index (χ1v) is 7.02. The van der Waals surface area contributed by atoms with Crippen molar-refractivity contribution in [2.75, 3.05) is 19.8 Å². The van der Waals surface area contributed by atoms with E-state index in [1.165, 1.54) is 0 Å². The smallest absolute Gasteiger partial charge is 0.372 e. The van der Waals surface area contributed by atoms with Crippen LogP contribution in [-0.4, -0.2) is 32.0 Å². The third-order valence-corrected chi connectivity index (χ3v) is 2.80. The molecule has 1 N–H and O–H groups in total. The highest BCUT2D eigenvalue weighted by Gasteiger charge is 2.27. The molecule has 1 atom stereocenters. The van der Waals surface area contributed by atoms with Gasteiger partial charge in [0.2, 0.25) is 0 Å². The Kier molecular flexibility index (Phi) is 8.66. The molecule has 0 aromatic carbocycles. The average Bonchev–Trinajstić information content (AvgIpc) is 2.24. The lowest BCUT2D eigenvalue weighted by atomic mass is 9.88. The second kappa shape index (κ2) is 8.80. The van der Waals surface area contributed by atoms with Crippen LogP contribution in [-0.2, 0) is 4.74 Å². The molecule has 0 aromatic rings. The lowest BCUT2D eigenvalue weighted by Crippen LogP contribution is -2.32. The van der Waals surface area contributed by atoms with Gasteiger partial charge in [0.05, 0.1) is 0 Å². The maximum atomic E-state index is 11.9. The first kappa shape index (κ1) is 18.7. The third kappa shape index (κ3) is 13.9. The van der Waals surface area contributed by atoms with Gasteiger partial charge in [0.1, 0.15) is 6.61 Å². The molecule has 0 rings (SSSR count). The Bertz CT molecular complexity index is 224. The van der Waals surface area contributed by atoms with E-state index in [0.717, 1.165) is 25.8 Å². The SMILES string of the molecule is CCCNC(CCOCC(F)(F)F)CCC(C)(C)C. The van der Waals surface area contributed by atoms with Gasteiger partial charge in [0.15, 0.2) is 0 Å². The summed E-state index contributed by atoms with van der Waals surface area (Å²) in [5.41, 5.74) is 0.249. The molecule has 2 nitrogen and oxygen atoms in total. The lowest BCUT2D eigenvalue weighted by molar-refractivity contribution is -0.174. The summed E-state index contributed by atoms with van der Waals surface area (Å²) in [6.07, 6.45) is -0.550. The van der Waals surface area contributed by atoms with Gasteiger partial charge in [0.25, 0.3) is 0 Å². The van der Waals surface area contributed by atoms with Crippen molar-refractivity contribution in [3.8, 4) is 0 Å². The fourth-order valence-electron chi connectivity index (χ4n) is 1.72. The van der Waals surface area contributed by atoms with Crippen LogP contribution in [0.15, 0.2) is 0 Å². The zero-order valence-corrected chi connectivity index (χ0v) is 12.6. The van der Waals surface area contributed by atoms with Gasteiger partial charge >= 0.3 is 6.18 Å². The molecule has 0 saturated heterocycles. The van der Waals surface area contributed by atoms with E-state index in [2.05, 4.69) is 37.7 Å². The Morgan fingerprint density at radius 2 is 1.74 bits per heavy atom. The van der Waals surface area contributed by atoms with Gasteiger partial charge in [-0.25, -0.2) is 0 Å². The normalized spacial score (nSPS) is 14.7. The molecule has 0 amide bonds. The summed E-state index contributed by atoms with van der Waals surface area (Å²) in [4.78, 5) is 0. The number of ether oxygens (including phenoxy) is 1. The molecule has 0 spiro atoms. The predicted octanol–water partition coefficient (Wildman–Crippen LogP) is 4.15. The highest BCUT2D eigenvalue weighted by Crippen LogP contribution is 2.22. The van der Waals surface area contributed by atoms with E-state index < -0.39 is 12.8 Å². The van der Waals surface area contributed by atoms with Gasteiger partial charge in [-0.2, -0.15) is 13.2 Å². The zero-order chi connectivity index (χ0) is 14.9. The lowest BCUT2D eigenvalue weighted by Gasteiger charge is -2.24. The van der Waals surface area contributed by atoms with Crippen molar-refractivity contribution in [3.63, 3.8) is 0 Å². The number of hydrogen-bond donors (Lipinski definition) is 1. The largest absolute Gasteiger partial charge is 0.411 e. The van der Waals surface area contributed by atoms with Crippen LogP contribution in [0, 0.1) is 5.41 Å². The molecule has 116 valence electrons. The van der Waals surface area contributed by atoms with Gasteiger partial charge < -0.3 is 10.1 Å². The summed E-state index contributed by atoms with van der Waals surface area (Å²) < 4.78 is 40.5. The molecule has 0 aliphatic rings. The van der Waals surface area contributed by atoms with Gasteiger partial charge in [-0.1, -0.05) is 27.7 Å². The minimum Gasteiger partial charge on any atom is -0.372 e. The van der Waals surface area contributed by atoms with E-state index in [1.807, 2.05) is 0 Å². The highest BCUT2D eigenvalue weighted by molar-refractivity contribution is 4.71. The Labute approximate surface area is 115 Å². The van der Waals surface area contributed by atoms with Gasteiger partial charge in [-0.3, -0.25) is 0 Å². The molecule has 1 unspecified atom stereocenters. The Morgan fingerprint density at radius 1 is 1.11 bits per heavy atom. The Morgan fingerprint density at radius 3 is 2.21 bits per heavy atom. The Hall–Kier alpha value is -0.290. The van der Waals surface area contributed by atoms with Crippen molar-refractivity contribution >= 4 is 0 Å². The average molecular weight is 283 g/mol. The van der Waals surface area contributed by atoms with Crippen molar-refractivity contribution in [1.29, 1.82) is 0 Å². The number of hydrogen-bond acceptors (Lipinski definition) is 2. The number of halogens is 3. The van der Waals surface area contributed by atoms with Crippen molar-refractivity contribution in [3.05, 3.63) is 0 Å². The molecule has 0 aliphatic heterocycles. The number of alkyl halides is 3. The van der Waals surface area contributed by atoms with E-state index in [-0.39, 0.29) is 18.1 Å². The van der Waals surface area contributed by atoms with E-state index in [9.17, 15) is 13.2 Å². The second-order valence-electron chi connectivity index (χ2n) is 6.21. The van der Waals surface area contributed by atoms with Crippen molar-refractivity contribution < 1.29 is 17.9 Å². The molecular weight excluding hydrogens is 255 g/mol. The van der Waals surface area contributed by atoms with Crippen LogP contribution in [0.3, 0.4) is 0 Å². The maximum Gasteiger partial charge on any atom is 0.411 e.